The van der Waals surface area contributed by atoms with Crippen molar-refractivity contribution in [1.82, 2.24) is 40.4 Å². The predicted molar refractivity (Wildman–Crippen MR) is 133 cm³/mol. The van der Waals surface area contributed by atoms with Crippen LogP contribution in [0.25, 0.3) is 0 Å². The van der Waals surface area contributed by atoms with E-state index >= 15 is 0 Å². The van der Waals surface area contributed by atoms with Crippen molar-refractivity contribution in [3.05, 3.63) is 59.7 Å². The summed E-state index contributed by atoms with van der Waals surface area (Å²) in [4.78, 5) is 37.2. The van der Waals surface area contributed by atoms with Crippen molar-refractivity contribution >= 4 is 52.5 Å². The van der Waals surface area contributed by atoms with Gasteiger partial charge in [0.2, 0.25) is 22.1 Å². The number of anilines is 2. The summed E-state index contributed by atoms with van der Waals surface area (Å²) in [5.41, 5.74) is 2.08. The lowest BCUT2D eigenvalue weighted by molar-refractivity contribution is -0.114. The minimum absolute atomic E-state index is 0.147. The second-order valence-electron chi connectivity index (χ2n) is 7.33. The van der Waals surface area contributed by atoms with Crippen LogP contribution in [0, 0.1) is 0 Å². The molecular weight excluding hydrogens is 504 g/mol. The summed E-state index contributed by atoms with van der Waals surface area (Å²) in [6, 6.07) is 13.2. The third-order valence-corrected chi connectivity index (χ3v) is 6.71. The number of carbonyl (C=O) groups excluding carboxylic acids is 3. The van der Waals surface area contributed by atoms with E-state index in [2.05, 4.69) is 41.7 Å². The summed E-state index contributed by atoms with van der Waals surface area (Å²) >= 11 is 2.44. The Morgan fingerprint density at radius 3 is 1.42 bits per heavy atom. The number of hydrogen-bond donors (Lipinski definition) is 2. The number of thioether (sulfide) groups is 2. The fourth-order valence-electron chi connectivity index (χ4n) is 2.92. The number of aromatic nitrogens is 8. The van der Waals surface area contributed by atoms with Gasteiger partial charge in [-0.3, -0.25) is 14.4 Å². The van der Waals surface area contributed by atoms with Crippen molar-refractivity contribution in [2.24, 2.45) is 14.1 Å². The molecule has 2 aromatic carbocycles. The molecule has 0 fully saturated rings. The van der Waals surface area contributed by atoms with Crippen LogP contribution in [-0.4, -0.2) is 69.5 Å². The number of benzene rings is 2. The largest absolute Gasteiger partial charge is 0.325 e. The van der Waals surface area contributed by atoms with Gasteiger partial charge in [0.1, 0.15) is 0 Å². The van der Waals surface area contributed by atoms with Crippen molar-refractivity contribution in [2.75, 3.05) is 22.1 Å². The fraction of sp³-hybridized carbons (Fsp3) is 0.190. The zero-order valence-corrected chi connectivity index (χ0v) is 20.8. The SMILES string of the molecule is Cn1nnnc1SCC(=O)Nc1ccc(C(=O)c2ccc(NC(=O)CSc3nnnn3C)cc2)cc1. The van der Waals surface area contributed by atoms with E-state index < -0.39 is 0 Å². The highest BCUT2D eigenvalue weighted by molar-refractivity contribution is 8.00. The maximum absolute atomic E-state index is 12.8. The van der Waals surface area contributed by atoms with Crippen LogP contribution in [0.2, 0.25) is 0 Å². The highest BCUT2D eigenvalue weighted by Crippen LogP contribution is 2.18. The Hall–Kier alpha value is -4.11. The van der Waals surface area contributed by atoms with Crippen LogP contribution in [0.1, 0.15) is 15.9 Å². The second-order valence-corrected chi connectivity index (χ2v) is 9.21. The van der Waals surface area contributed by atoms with Gasteiger partial charge in [-0.15, -0.1) is 10.2 Å². The van der Waals surface area contributed by atoms with Crippen LogP contribution in [0.3, 0.4) is 0 Å². The molecule has 2 aromatic heterocycles. The minimum atomic E-state index is -0.216. The van der Waals surface area contributed by atoms with Gasteiger partial charge in [-0.05, 0) is 69.4 Å². The number of nitrogens with zero attached hydrogens (tertiary/aromatic N) is 8. The maximum atomic E-state index is 12.8. The molecule has 13 nitrogen and oxygen atoms in total. The first-order valence-corrected chi connectivity index (χ1v) is 12.4. The number of rotatable bonds is 10. The molecular formula is C21H20N10O3S2. The van der Waals surface area contributed by atoms with E-state index in [1.807, 2.05) is 0 Å². The monoisotopic (exact) mass is 524 g/mol. The number of nitrogens with one attached hydrogen (secondary N) is 2. The van der Waals surface area contributed by atoms with Crippen LogP contribution in [0.15, 0.2) is 58.8 Å². The zero-order chi connectivity index (χ0) is 25.5. The lowest BCUT2D eigenvalue weighted by Crippen LogP contribution is -2.15. The van der Waals surface area contributed by atoms with Gasteiger partial charge in [-0.2, -0.15) is 0 Å². The Morgan fingerprint density at radius 2 is 1.08 bits per heavy atom. The van der Waals surface area contributed by atoms with E-state index in [0.29, 0.717) is 32.8 Å². The average Bonchev–Trinajstić information content (AvgIpc) is 3.49. The lowest BCUT2D eigenvalue weighted by Gasteiger charge is -2.08. The number of hydrogen-bond acceptors (Lipinski definition) is 11. The number of aryl methyl sites for hydroxylation is 2. The molecule has 36 heavy (non-hydrogen) atoms. The molecule has 0 saturated heterocycles. The van der Waals surface area contributed by atoms with Gasteiger partial charge in [0, 0.05) is 36.6 Å². The molecule has 2 heterocycles. The molecule has 0 radical (unpaired) electrons. The molecule has 0 spiro atoms. The Labute approximate surface area is 213 Å². The third kappa shape index (κ3) is 6.51. The van der Waals surface area contributed by atoms with E-state index in [0.717, 1.165) is 0 Å². The van der Waals surface area contributed by atoms with E-state index in [1.54, 1.807) is 62.6 Å². The predicted octanol–water partition coefficient (Wildman–Crippen LogP) is 1.43. The number of tetrazole rings is 2. The Morgan fingerprint density at radius 1 is 0.694 bits per heavy atom. The fourth-order valence-corrected chi connectivity index (χ4v) is 4.22. The summed E-state index contributed by atoms with van der Waals surface area (Å²) in [5, 5.41) is 28.7. The Bertz CT molecular complexity index is 1270. The molecule has 0 aliphatic carbocycles. The summed E-state index contributed by atoms with van der Waals surface area (Å²) < 4.78 is 2.97. The molecule has 0 aliphatic heterocycles. The first-order chi connectivity index (χ1) is 17.4. The van der Waals surface area contributed by atoms with Gasteiger partial charge >= 0.3 is 0 Å². The van der Waals surface area contributed by atoms with Gasteiger partial charge in [0.25, 0.3) is 0 Å². The van der Waals surface area contributed by atoms with Gasteiger partial charge in [0.15, 0.2) is 5.78 Å². The normalized spacial score (nSPS) is 10.7. The summed E-state index contributed by atoms with van der Waals surface area (Å²) in [5.74, 6) is -0.318. The molecule has 4 aromatic rings. The van der Waals surface area contributed by atoms with E-state index in [1.165, 1.54) is 32.9 Å². The molecule has 4 rings (SSSR count). The topological polar surface area (TPSA) is 162 Å². The highest BCUT2D eigenvalue weighted by atomic mass is 32.2. The van der Waals surface area contributed by atoms with E-state index in [4.69, 9.17) is 0 Å². The van der Waals surface area contributed by atoms with E-state index in [-0.39, 0.29) is 29.1 Å². The molecule has 15 heteroatoms. The van der Waals surface area contributed by atoms with Crippen LogP contribution in [0.5, 0.6) is 0 Å². The van der Waals surface area contributed by atoms with Crippen LogP contribution >= 0.6 is 23.5 Å². The van der Waals surface area contributed by atoms with Gasteiger partial charge in [-0.1, -0.05) is 23.5 Å². The van der Waals surface area contributed by atoms with Crippen LogP contribution in [0.4, 0.5) is 11.4 Å². The van der Waals surface area contributed by atoms with E-state index in [9.17, 15) is 14.4 Å². The highest BCUT2D eigenvalue weighted by Gasteiger charge is 2.12. The number of carbonyl (C=O) groups is 3. The number of amides is 2. The second kappa shape index (κ2) is 11.5. The molecule has 0 saturated carbocycles. The molecule has 0 atom stereocenters. The first kappa shape index (κ1) is 25.0. The molecule has 184 valence electrons. The van der Waals surface area contributed by atoms with Crippen molar-refractivity contribution in [1.29, 1.82) is 0 Å². The number of ketones is 1. The molecule has 0 unspecified atom stereocenters. The van der Waals surface area contributed by atoms with Crippen molar-refractivity contribution in [3.8, 4) is 0 Å². The molecule has 0 aliphatic rings. The van der Waals surface area contributed by atoms with Gasteiger partial charge in [-0.25, -0.2) is 9.36 Å². The average molecular weight is 525 g/mol. The summed E-state index contributed by atoms with van der Waals surface area (Å²) in [7, 11) is 3.39. The zero-order valence-electron chi connectivity index (χ0n) is 19.2. The molecule has 2 N–H and O–H groups in total. The molecule has 2 amide bonds. The van der Waals surface area contributed by atoms with Crippen LogP contribution in [-0.2, 0) is 23.7 Å². The summed E-state index contributed by atoms with van der Waals surface area (Å²) in [6.07, 6.45) is 0. The Balaban J connectivity index is 1.27. The third-order valence-electron chi connectivity index (χ3n) is 4.69. The lowest BCUT2D eigenvalue weighted by atomic mass is 10.0. The van der Waals surface area contributed by atoms with Gasteiger partial charge in [0.05, 0.1) is 11.5 Å². The minimum Gasteiger partial charge on any atom is -0.325 e. The first-order valence-electron chi connectivity index (χ1n) is 10.4. The smallest absolute Gasteiger partial charge is 0.234 e. The maximum Gasteiger partial charge on any atom is 0.234 e. The van der Waals surface area contributed by atoms with Crippen molar-refractivity contribution in [2.45, 2.75) is 10.3 Å². The van der Waals surface area contributed by atoms with Crippen molar-refractivity contribution in [3.63, 3.8) is 0 Å². The van der Waals surface area contributed by atoms with Gasteiger partial charge < -0.3 is 10.6 Å². The Kier molecular flexibility index (Phi) is 8.02. The standard InChI is InChI=1S/C21H20N10O3S2/c1-30-20(24-26-28-30)35-11-17(32)22-15-7-3-13(4-8-15)19(34)14-5-9-16(10-6-14)23-18(33)12-36-21-25-27-29-31(21)2/h3-10H,11-12H2,1-2H3,(H,22,32)(H,23,33). The van der Waals surface area contributed by atoms with Crippen LogP contribution < -0.4 is 10.6 Å². The van der Waals surface area contributed by atoms with Crippen molar-refractivity contribution < 1.29 is 14.4 Å². The molecule has 0 bridgehead atoms. The summed E-state index contributed by atoms with van der Waals surface area (Å²) in [6.45, 7) is 0. The quantitative estimate of drug-likeness (QED) is 0.228.